The molecule has 0 aliphatic heterocycles. The lowest BCUT2D eigenvalue weighted by Crippen LogP contribution is -2.06. The van der Waals surface area contributed by atoms with Crippen LogP contribution in [0, 0.1) is 0 Å². The third-order valence-corrected chi connectivity index (χ3v) is 4.26. The van der Waals surface area contributed by atoms with Gasteiger partial charge in [-0.05, 0) is 19.1 Å². The van der Waals surface area contributed by atoms with E-state index in [4.69, 9.17) is 60.6 Å². The third-order valence-electron chi connectivity index (χ3n) is 3.39. The topological polar surface area (TPSA) is 57.7 Å². The number of ketones is 1. The van der Waals surface area contributed by atoms with Crippen molar-refractivity contribution in [3.05, 3.63) is 56.6 Å². The van der Waals surface area contributed by atoms with Gasteiger partial charge < -0.3 is 14.2 Å². The maximum absolute atomic E-state index is 11.2. The predicted octanol–water partition coefficient (Wildman–Crippen LogP) is 6.14. The molecule has 0 N–H and O–H groups in total. The van der Waals surface area contributed by atoms with Crippen molar-refractivity contribution in [2.75, 3.05) is 19.8 Å². The van der Waals surface area contributed by atoms with E-state index in [9.17, 15) is 4.79 Å². The first-order valence-electron chi connectivity index (χ1n) is 8.22. The highest BCUT2D eigenvalue weighted by Crippen LogP contribution is 2.37. The van der Waals surface area contributed by atoms with Crippen molar-refractivity contribution < 1.29 is 19.0 Å². The molecule has 1 heterocycles. The first-order valence-corrected chi connectivity index (χ1v) is 9.73. The quantitative estimate of drug-likeness (QED) is 0.312. The summed E-state index contributed by atoms with van der Waals surface area (Å²) in [5.74, 6) is 1.23. The molecule has 150 valence electrons. The normalized spacial score (nSPS) is 10.3. The molecule has 1 aromatic heterocycles. The van der Waals surface area contributed by atoms with Crippen LogP contribution in [0.3, 0.4) is 0 Å². The summed E-state index contributed by atoms with van der Waals surface area (Å²) in [5.41, 5.74) is 0.536. The Labute approximate surface area is 183 Å². The van der Waals surface area contributed by atoms with Gasteiger partial charge in [-0.1, -0.05) is 46.4 Å². The van der Waals surface area contributed by atoms with Gasteiger partial charge in [-0.3, -0.25) is 4.79 Å². The number of halogens is 4. The van der Waals surface area contributed by atoms with Crippen LogP contribution in [-0.4, -0.2) is 30.6 Å². The van der Waals surface area contributed by atoms with Gasteiger partial charge >= 0.3 is 0 Å². The number of pyridine rings is 1. The fourth-order valence-electron chi connectivity index (χ4n) is 2.04. The number of nitrogens with zero attached hydrogens (tertiary/aromatic N) is 1. The molecule has 0 atom stereocenters. The van der Waals surface area contributed by atoms with Crippen LogP contribution in [0.25, 0.3) is 0 Å². The van der Waals surface area contributed by atoms with E-state index in [-0.39, 0.29) is 16.9 Å². The number of hydrogen-bond donors (Lipinski definition) is 0. The van der Waals surface area contributed by atoms with E-state index < -0.39 is 0 Å². The molecule has 28 heavy (non-hydrogen) atoms. The van der Waals surface area contributed by atoms with Crippen LogP contribution in [-0.2, 0) is 0 Å². The van der Waals surface area contributed by atoms with Crippen molar-refractivity contribution in [3.8, 4) is 17.4 Å². The number of ether oxygens (including phenoxy) is 3. The minimum atomic E-state index is -0.0445. The molecule has 0 spiro atoms. The summed E-state index contributed by atoms with van der Waals surface area (Å²) in [4.78, 5) is 15.3. The second-order valence-corrected chi connectivity index (χ2v) is 7.33. The molecule has 2 rings (SSSR count). The molecule has 1 aromatic carbocycles. The number of benzene rings is 1. The van der Waals surface area contributed by atoms with Crippen LogP contribution in [0.1, 0.15) is 23.7 Å². The number of carbonyl (C=O) groups is 1. The molecule has 0 saturated heterocycles. The fraction of sp³-hybridized carbons (Fsp3) is 0.263. The van der Waals surface area contributed by atoms with E-state index in [1.165, 1.54) is 19.2 Å². The summed E-state index contributed by atoms with van der Waals surface area (Å²) >= 11 is 23.4. The second kappa shape index (κ2) is 11.4. The Morgan fingerprint density at radius 3 is 2.32 bits per heavy atom. The molecule has 0 unspecified atom stereocenters. The zero-order valence-corrected chi connectivity index (χ0v) is 17.9. The standard InChI is InChI=1S/C19H17Cl4NO4/c1-12(25)13-3-4-18(24-11-13)27-6-2-7-28-19-15(20)9-14(10-16(19)21)26-8-5-17(22)23/h3-5,9-11H,2,6-8H2,1H3. The van der Waals surface area contributed by atoms with Crippen LogP contribution in [0.5, 0.6) is 17.4 Å². The minimum absolute atomic E-state index is 0.0445. The molecular formula is C19H17Cl4NO4. The van der Waals surface area contributed by atoms with Crippen LogP contribution < -0.4 is 14.2 Å². The molecule has 0 aliphatic carbocycles. The van der Waals surface area contributed by atoms with Gasteiger partial charge in [-0.15, -0.1) is 0 Å². The van der Waals surface area contributed by atoms with E-state index >= 15 is 0 Å². The Balaban J connectivity index is 1.79. The molecule has 5 nitrogen and oxygen atoms in total. The number of carbonyl (C=O) groups excluding carboxylic acids is 1. The molecule has 0 aliphatic rings. The highest BCUT2D eigenvalue weighted by atomic mass is 35.5. The highest BCUT2D eigenvalue weighted by molar-refractivity contribution is 6.55. The Kier molecular flexibility index (Phi) is 9.19. The lowest BCUT2D eigenvalue weighted by molar-refractivity contribution is 0.101. The Morgan fingerprint density at radius 1 is 1.07 bits per heavy atom. The maximum atomic E-state index is 11.2. The number of Topliss-reactive ketones (excluding diaryl/α,β-unsaturated/α-hetero) is 1. The Bertz CT molecular complexity index is 813. The molecule has 0 bridgehead atoms. The van der Waals surface area contributed by atoms with E-state index in [1.807, 2.05) is 0 Å². The summed E-state index contributed by atoms with van der Waals surface area (Å²) in [7, 11) is 0. The van der Waals surface area contributed by atoms with Gasteiger partial charge in [0, 0.05) is 36.4 Å². The Hall–Kier alpha value is -1.66. The number of rotatable bonds is 10. The number of hydrogen-bond acceptors (Lipinski definition) is 5. The van der Waals surface area contributed by atoms with Crippen molar-refractivity contribution in [2.24, 2.45) is 0 Å². The summed E-state index contributed by atoms with van der Waals surface area (Å²) in [6, 6.07) is 6.50. The van der Waals surface area contributed by atoms with Crippen LogP contribution in [0.15, 0.2) is 41.0 Å². The first kappa shape index (κ1) is 22.6. The molecule has 9 heteroatoms. The monoisotopic (exact) mass is 463 g/mol. The average Bonchev–Trinajstić information content (AvgIpc) is 2.63. The minimum Gasteiger partial charge on any atom is -0.490 e. The fourth-order valence-corrected chi connectivity index (χ4v) is 2.74. The summed E-state index contributed by atoms with van der Waals surface area (Å²) in [5, 5.41) is 0.650. The van der Waals surface area contributed by atoms with E-state index in [1.54, 1.807) is 24.3 Å². The van der Waals surface area contributed by atoms with E-state index in [0.717, 1.165) is 0 Å². The molecule has 0 radical (unpaired) electrons. The van der Waals surface area contributed by atoms with Crippen molar-refractivity contribution in [3.63, 3.8) is 0 Å². The molecule has 2 aromatic rings. The number of aromatic nitrogens is 1. The van der Waals surface area contributed by atoms with Gasteiger partial charge in [0.25, 0.3) is 0 Å². The zero-order chi connectivity index (χ0) is 20.5. The van der Waals surface area contributed by atoms with Crippen molar-refractivity contribution in [2.45, 2.75) is 13.3 Å². The third kappa shape index (κ3) is 7.40. The first-order chi connectivity index (χ1) is 13.4. The predicted molar refractivity (Wildman–Crippen MR) is 112 cm³/mol. The summed E-state index contributed by atoms with van der Waals surface area (Å²) in [6.45, 7) is 2.40. The maximum Gasteiger partial charge on any atom is 0.213 e. The summed E-state index contributed by atoms with van der Waals surface area (Å²) < 4.78 is 16.7. The van der Waals surface area contributed by atoms with Gasteiger partial charge in [0.15, 0.2) is 11.5 Å². The van der Waals surface area contributed by atoms with Gasteiger partial charge in [0.05, 0.1) is 23.3 Å². The average molecular weight is 465 g/mol. The van der Waals surface area contributed by atoms with Crippen LogP contribution >= 0.6 is 46.4 Å². The van der Waals surface area contributed by atoms with Gasteiger partial charge in [0.1, 0.15) is 16.8 Å². The smallest absolute Gasteiger partial charge is 0.213 e. The lowest BCUT2D eigenvalue weighted by Gasteiger charge is -2.12. The van der Waals surface area contributed by atoms with Crippen molar-refractivity contribution >= 4 is 52.2 Å². The molecule has 0 amide bonds. The summed E-state index contributed by atoms with van der Waals surface area (Å²) in [6.07, 6.45) is 3.56. The van der Waals surface area contributed by atoms with Gasteiger partial charge in [-0.25, -0.2) is 4.98 Å². The van der Waals surface area contributed by atoms with Gasteiger partial charge in [0.2, 0.25) is 5.88 Å². The second-order valence-electron chi connectivity index (χ2n) is 5.51. The zero-order valence-electron chi connectivity index (χ0n) is 14.9. The van der Waals surface area contributed by atoms with Crippen molar-refractivity contribution in [1.82, 2.24) is 4.98 Å². The SMILES string of the molecule is CC(=O)c1ccc(OCCCOc2c(Cl)cc(OCC=C(Cl)Cl)cc2Cl)nc1. The van der Waals surface area contributed by atoms with E-state index in [0.29, 0.717) is 52.6 Å². The molecular weight excluding hydrogens is 448 g/mol. The molecule has 0 saturated carbocycles. The molecule has 0 fully saturated rings. The van der Waals surface area contributed by atoms with Gasteiger partial charge in [-0.2, -0.15) is 0 Å². The van der Waals surface area contributed by atoms with Crippen LogP contribution in [0.2, 0.25) is 10.0 Å². The Morgan fingerprint density at radius 2 is 1.75 bits per heavy atom. The van der Waals surface area contributed by atoms with Crippen molar-refractivity contribution in [1.29, 1.82) is 0 Å². The van der Waals surface area contributed by atoms with Crippen LogP contribution in [0.4, 0.5) is 0 Å². The lowest BCUT2D eigenvalue weighted by atomic mass is 10.2. The highest BCUT2D eigenvalue weighted by Gasteiger charge is 2.11. The van der Waals surface area contributed by atoms with E-state index in [2.05, 4.69) is 4.98 Å². The largest absolute Gasteiger partial charge is 0.490 e.